The Bertz CT molecular complexity index is 700. The zero-order chi connectivity index (χ0) is 12.5. The van der Waals surface area contributed by atoms with Crippen molar-refractivity contribution in [1.29, 1.82) is 0 Å². The van der Waals surface area contributed by atoms with Crippen LogP contribution in [-0.2, 0) is 0 Å². The highest BCUT2D eigenvalue weighted by molar-refractivity contribution is 6.28. The van der Waals surface area contributed by atoms with E-state index in [1.807, 2.05) is 43.3 Å². The number of halogens is 1. The molecule has 2 aromatic heterocycles. The average Bonchev–Trinajstić information content (AvgIpc) is 2.37. The first kappa shape index (κ1) is 11.1. The molecule has 3 nitrogen and oxygen atoms in total. The number of hydrogen-bond donors (Lipinski definition) is 0. The molecule has 0 bridgehead atoms. The second-order valence-electron chi connectivity index (χ2n) is 4.04. The van der Waals surface area contributed by atoms with Crippen LogP contribution in [-0.4, -0.2) is 15.0 Å². The number of nitrogens with zero attached hydrogens (tertiary/aromatic N) is 3. The molecule has 0 saturated carbocycles. The van der Waals surface area contributed by atoms with E-state index in [1.165, 1.54) is 0 Å². The van der Waals surface area contributed by atoms with E-state index >= 15 is 0 Å². The van der Waals surface area contributed by atoms with Crippen molar-refractivity contribution in [3.63, 3.8) is 0 Å². The van der Waals surface area contributed by atoms with Gasteiger partial charge in [0.15, 0.2) is 0 Å². The Kier molecular flexibility index (Phi) is 2.68. The van der Waals surface area contributed by atoms with Gasteiger partial charge in [0.2, 0.25) is 5.28 Å². The number of aromatic nitrogens is 3. The molecule has 4 heteroatoms. The second-order valence-corrected chi connectivity index (χ2v) is 4.38. The van der Waals surface area contributed by atoms with Crippen LogP contribution in [0, 0.1) is 6.92 Å². The first-order chi connectivity index (χ1) is 8.74. The molecule has 0 aliphatic rings. The van der Waals surface area contributed by atoms with Crippen LogP contribution in [0.25, 0.3) is 22.2 Å². The molecule has 0 N–H and O–H groups in total. The van der Waals surface area contributed by atoms with Gasteiger partial charge in [0.05, 0.1) is 11.2 Å². The molecule has 3 aromatic rings. The lowest BCUT2D eigenvalue weighted by atomic mass is 10.1. The molecule has 3 rings (SSSR count). The van der Waals surface area contributed by atoms with Gasteiger partial charge in [0.25, 0.3) is 0 Å². The fourth-order valence-corrected chi connectivity index (χ4v) is 2.22. The van der Waals surface area contributed by atoms with Gasteiger partial charge in [-0.3, -0.25) is 4.98 Å². The summed E-state index contributed by atoms with van der Waals surface area (Å²) in [6.07, 6.45) is 1.78. The molecular weight excluding hydrogens is 246 g/mol. The summed E-state index contributed by atoms with van der Waals surface area (Å²) in [6.45, 7) is 1.90. The Morgan fingerprint density at radius 3 is 2.78 bits per heavy atom. The van der Waals surface area contributed by atoms with E-state index in [9.17, 15) is 0 Å². The maximum atomic E-state index is 5.91. The fourth-order valence-electron chi connectivity index (χ4n) is 2.00. The minimum absolute atomic E-state index is 0.269. The Morgan fingerprint density at radius 2 is 1.94 bits per heavy atom. The number of fused-ring (bicyclic) bond motifs is 1. The van der Waals surface area contributed by atoms with Crippen LogP contribution in [0.4, 0.5) is 0 Å². The van der Waals surface area contributed by atoms with Gasteiger partial charge in [-0.25, -0.2) is 9.97 Å². The fraction of sp³-hybridized carbons (Fsp3) is 0.0714. The number of benzene rings is 1. The van der Waals surface area contributed by atoms with Crippen LogP contribution in [0.5, 0.6) is 0 Å². The Morgan fingerprint density at radius 1 is 1.06 bits per heavy atom. The SMILES string of the molecule is Cc1cc(-c2cccc3ncccc23)nc(Cl)n1. The molecule has 18 heavy (non-hydrogen) atoms. The summed E-state index contributed by atoms with van der Waals surface area (Å²) in [5.41, 5.74) is 3.65. The largest absolute Gasteiger partial charge is 0.256 e. The van der Waals surface area contributed by atoms with Crippen molar-refractivity contribution in [2.75, 3.05) is 0 Å². The summed E-state index contributed by atoms with van der Waals surface area (Å²) in [6, 6.07) is 11.8. The molecule has 88 valence electrons. The summed E-state index contributed by atoms with van der Waals surface area (Å²) in [5.74, 6) is 0. The molecule has 0 unspecified atom stereocenters. The van der Waals surface area contributed by atoms with Crippen LogP contribution < -0.4 is 0 Å². The Balaban J connectivity index is 2.31. The molecule has 0 atom stereocenters. The van der Waals surface area contributed by atoms with E-state index in [2.05, 4.69) is 15.0 Å². The molecule has 0 aliphatic heterocycles. The van der Waals surface area contributed by atoms with E-state index in [1.54, 1.807) is 6.20 Å². The predicted octanol–water partition coefficient (Wildman–Crippen LogP) is 3.65. The van der Waals surface area contributed by atoms with Gasteiger partial charge < -0.3 is 0 Å². The van der Waals surface area contributed by atoms with Crippen molar-refractivity contribution >= 4 is 22.5 Å². The maximum absolute atomic E-state index is 5.91. The average molecular weight is 256 g/mol. The van der Waals surface area contributed by atoms with Crippen molar-refractivity contribution in [2.45, 2.75) is 6.92 Å². The highest BCUT2D eigenvalue weighted by atomic mass is 35.5. The smallest absolute Gasteiger partial charge is 0.223 e. The molecular formula is C14H10ClN3. The summed E-state index contributed by atoms with van der Waals surface area (Å²) >= 11 is 5.91. The van der Waals surface area contributed by atoms with Crippen molar-refractivity contribution in [3.8, 4) is 11.3 Å². The van der Waals surface area contributed by atoms with Gasteiger partial charge in [0.1, 0.15) is 0 Å². The van der Waals surface area contributed by atoms with Crippen molar-refractivity contribution in [3.05, 3.63) is 53.6 Å². The minimum Gasteiger partial charge on any atom is -0.256 e. The summed E-state index contributed by atoms with van der Waals surface area (Å²) in [7, 11) is 0. The topological polar surface area (TPSA) is 38.7 Å². The molecule has 0 fully saturated rings. The number of hydrogen-bond acceptors (Lipinski definition) is 3. The molecule has 2 heterocycles. The molecule has 1 aromatic carbocycles. The molecule has 0 aliphatic carbocycles. The number of rotatable bonds is 1. The van der Waals surface area contributed by atoms with E-state index in [0.29, 0.717) is 0 Å². The van der Waals surface area contributed by atoms with Crippen LogP contribution in [0.2, 0.25) is 5.28 Å². The lowest BCUT2D eigenvalue weighted by Gasteiger charge is -2.06. The van der Waals surface area contributed by atoms with Gasteiger partial charge in [-0.15, -0.1) is 0 Å². The van der Waals surface area contributed by atoms with Crippen LogP contribution in [0.1, 0.15) is 5.69 Å². The van der Waals surface area contributed by atoms with E-state index < -0.39 is 0 Å². The zero-order valence-corrected chi connectivity index (χ0v) is 10.5. The van der Waals surface area contributed by atoms with Crippen molar-refractivity contribution < 1.29 is 0 Å². The minimum atomic E-state index is 0.269. The van der Waals surface area contributed by atoms with Crippen LogP contribution in [0.3, 0.4) is 0 Å². The quantitative estimate of drug-likeness (QED) is 0.623. The normalized spacial score (nSPS) is 10.8. The highest BCUT2D eigenvalue weighted by Crippen LogP contribution is 2.26. The van der Waals surface area contributed by atoms with E-state index in [4.69, 9.17) is 11.6 Å². The first-order valence-corrected chi connectivity index (χ1v) is 5.97. The van der Waals surface area contributed by atoms with Crippen molar-refractivity contribution in [2.24, 2.45) is 0 Å². The summed E-state index contributed by atoms with van der Waals surface area (Å²) < 4.78 is 0. The number of aryl methyl sites for hydroxylation is 1. The monoisotopic (exact) mass is 255 g/mol. The zero-order valence-electron chi connectivity index (χ0n) is 9.76. The third-order valence-corrected chi connectivity index (χ3v) is 2.92. The molecule has 0 spiro atoms. The summed E-state index contributed by atoms with van der Waals surface area (Å²) in [5, 5.41) is 1.33. The molecule has 0 saturated heterocycles. The Labute approximate surface area is 109 Å². The van der Waals surface area contributed by atoms with Crippen molar-refractivity contribution in [1.82, 2.24) is 15.0 Å². The van der Waals surface area contributed by atoms with E-state index in [-0.39, 0.29) is 5.28 Å². The lowest BCUT2D eigenvalue weighted by Crippen LogP contribution is -1.92. The van der Waals surface area contributed by atoms with Gasteiger partial charge in [0, 0.05) is 22.8 Å². The first-order valence-electron chi connectivity index (χ1n) is 5.59. The van der Waals surface area contributed by atoms with E-state index in [0.717, 1.165) is 27.9 Å². The Hall–Kier alpha value is -2.00. The standard InChI is InChI=1S/C14H10ClN3/c1-9-8-13(18-14(15)17-9)11-4-2-6-12-10(11)5-3-7-16-12/h2-8H,1H3. The summed E-state index contributed by atoms with van der Waals surface area (Å²) in [4.78, 5) is 12.7. The van der Waals surface area contributed by atoms with Crippen LogP contribution >= 0.6 is 11.6 Å². The highest BCUT2D eigenvalue weighted by Gasteiger charge is 2.07. The molecule has 0 amide bonds. The van der Waals surface area contributed by atoms with Gasteiger partial charge >= 0.3 is 0 Å². The van der Waals surface area contributed by atoms with Gasteiger partial charge in [-0.1, -0.05) is 18.2 Å². The third-order valence-electron chi connectivity index (χ3n) is 2.75. The van der Waals surface area contributed by atoms with Gasteiger partial charge in [-0.2, -0.15) is 0 Å². The third kappa shape index (κ3) is 1.93. The number of pyridine rings is 1. The van der Waals surface area contributed by atoms with Crippen LogP contribution in [0.15, 0.2) is 42.6 Å². The molecule has 0 radical (unpaired) electrons. The maximum Gasteiger partial charge on any atom is 0.223 e. The second kappa shape index (κ2) is 4.35. The predicted molar refractivity (Wildman–Crippen MR) is 72.5 cm³/mol. The van der Waals surface area contributed by atoms with Gasteiger partial charge in [-0.05, 0) is 36.7 Å². The lowest BCUT2D eigenvalue weighted by molar-refractivity contribution is 1.11.